The molecule has 2 heterocycles. The Balaban J connectivity index is 1.84. The van der Waals surface area contributed by atoms with Gasteiger partial charge in [-0.1, -0.05) is 29.5 Å². The maximum absolute atomic E-state index is 13.7. The predicted molar refractivity (Wildman–Crippen MR) is 140 cm³/mol. The van der Waals surface area contributed by atoms with Gasteiger partial charge in [0.15, 0.2) is 22.9 Å². The maximum Gasteiger partial charge on any atom is 0.341 e. The number of carboxylic acid groups (broad SMARTS) is 1. The van der Waals surface area contributed by atoms with Gasteiger partial charge < -0.3 is 24.1 Å². The molecule has 0 saturated carbocycles. The van der Waals surface area contributed by atoms with Gasteiger partial charge in [-0.05, 0) is 55.3 Å². The van der Waals surface area contributed by atoms with Gasteiger partial charge in [0.25, 0.3) is 5.56 Å². The van der Waals surface area contributed by atoms with E-state index in [0.717, 1.165) is 0 Å². The van der Waals surface area contributed by atoms with Crippen molar-refractivity contribution in [2.45, 2.75) is 19.9 Å². The summed E-state index contributed by atoms with van der Waals surface area (Å²) < 4.78 is 23.1. The molecule has 3 aromatic rings. The van der Waals surface area contributed by atoms with Crippen LogP contribution < -0.4 is 29.1 Å². The Bertz CT molecular complexity index is 1580. The van der Waals surface area contributed by atoms with Gasteiger partial charge >= 0.3 is 11.9 Å². The van der Waals surface area contributed by atoms with Crippen LogP contribution >= 0.6 is 11.3 Å². The molecular formula is C27H26N2O8S. The van der Waals surface area contributed by atoms with Crippen molar-refractivity contribution in [3.05, 3.63) is 84.5 Å². The number of fused-ring (bicyclic) bond motifs is 1. The number of ether oxygens (including phenoxy) is 4. The summed E-state index contributed by atoms with van der Waals surface area (Å²) in [7, 11) is 3.00. The molecule has 0 amide bonds. The maximum atomic E-state index is 13.7. The summed E-state index contributed by atoms with van der Waals surface area (Å²) in [6.45, 7) is 3.11. The molecule has 1 unspecified atom stereocenters. The van der Waals surface area contributed by atoms with Gasteiger partial charge in [0, 0.05) is 0 Å². The molecule has 1 aliphatic heterocycles. The SMILES string of the molecule is CCOC(=O)C1=C(C)N=c2s/c(=C/c3ccc(OCC(=O)O)c(OC)c3)c(=O)n2C1c1ccc(OC)cc1. The van der Waals surface area contributed by atoms with Crippen molar-refractivity contribution in [2.75, 3.05) is 27.4 Å². The van der Waals surface area contributed by atoms with Gasteiger partial charge in [-0.2, -0.15) is 0 Å². The molecule has 0 fully saturated rings. The van der Waals surface area contributed by atoms with Crippen LogP contribution in [0.4, 0.5) is 0 Å². The number of aliphatic carboxylic acids is 1. The number of hydrogen-bond acceptors (Lipinski definition) is 9. The molecule has 1 aromatic heterocycles. The Morgan fingerprint density at radius 1 is 1.11 bits per heavy atom. The summed E-state index contributed by atoms with van der Waals surface area (Å²) in [5, 5.41) is 8.87. The van der Waals surface area contributed by atoms with Crippen LogP contribution in [0, 0.1) is 0 Å². The second-order valence-electron chi connectivity index (χ2n) is 8.17. The van der Waals surface area contributed by atoms with Crippen LogP contribution in [-0.2, 0) is 14.3 Å². The minimum atomic E-state index is -1.11. The smallest absolute Gasteiger partial charge is 0.341 e. The van der Waals surface area contributed by atoms with Crippen molar-refractivity contribution in [3.63, 3.8) is 0 Å². The second-order valence-corrected chi connectivity index (χ2v) is 9.18. The summed E-state index contributed by atoms with van der Waals surface area (Å²) in [6.07, 6.45) is 1.68. The van der Waals surface area contributed by atoms with Crippen LogP contribution in [0.5, 0.6) is 17.2 Å². The molecule has 1 atom stereocenters. The lowest BCUT2D eigenvalue weighted by Crippen LogP contribution is -2.39. The first-order chi connectivity index (χ1) is 18.3. The number of rotatable bonds is 9. The molecule has 10 nitrogen and oxygen atoms in total. The van der Waals surface area contributed by atoms with Gasteiger partial charge in [-0.15, -0.1) is 0 Å². The van der Waals surface area contributed by atoms with Gasteiger partial charge in [0.1, 0.15) is 5.75 Å². The lowest BCUT2D eigenvalue weighted by Gasteiger charge is -2.24. The number of aromatic nitrogens is 1. The molecule has 198 valence electrons. The van der Waals surface area contributed by atoms with E-state index in [1.807, 2.05) is 0 Å². The van der Waals surface area contributed by atoms with E-state index in [-0.39, 0.29) is 23.5 Å². The zero-order chi connectivity index (χ0) is 27.4. The fourth-order valence-corrected chi connectivity index (χ4v) is 5.12. The minimum absolute atomic E-state index is 0.184. The summed E-state index contributed by atoms with van der Waals surface area (Å²) in [5.41, 5.74) is 1.78. The van der Waals surface area contributed by atoms with Gasteiger partial charge in [-0.3, -0.25) is 9.36 Å². The van der Waals surface area contributed by atoms with Gasteiger partial charge in [0.2, 0.25) is 0 Å². The lowest BCUT2D eigenvalue weighted by molar-refractivity contribution is -0.140. The number of allylic oxidation sites excluding steroid dienone is 1. The lowest BCUT2D eigenvalue weighted by atomic mass is 9.96. The number of carbonyl (C=O) groups is 2. The third-order valence-corrected chi connectivity index (χ3v) is 6.77. The van der Waals surface area contributed by atoms with E-state index in [4.69, 9.17) is 24.1 Å². The van der Waals surface area contributed by atoms with Crippen LogP contribution in [0.3, 0.4) is 0 Å². The van der Waals surface area contributed by atoms with Crippen molar-refractivity contribution in [1.82, 2.24) is 4.57 Å². The number of carbonyl (C=O) groups excluding carboxylic acids is 1. The fraction of sp³-hybridized carbons (Fsp3) is 0.259. The first kappa shape index (κ1) is 26.7. The van der Waals surface area contributed by atoms with Crippen LogP contribution in [0.2, 0.25) is 0 Å². The zero-order valence-corrected chi connectivity index (χ0v) is 22.0. The number of carboxylic acids is 1. The average molecular weight is 539 g/mol. The summed E-state index contributed by atoms with van der Waals surface area (Å²) in [6, 6.07) is 11.3. The van der Waals surface area contributed by atoms with Crippen molar-refractivity contribution in [3.8, 4) is 17.2 Å². The molecule has 0 saturated heterocycles. The summed E-state index contributed by atoms with van der Waals surface area (Å²) in [4.78, 5) is 42.6. The first-order valence-electron chi connectivity index (χ1n) is 11.6. The van der Waals surface area contributed by atoms with Crippen LogP contribution in [0.1, 0.15) is 31.0 Å². The monoisotopic (exact) mass is 538 g/mol. The Labute approximate surface area is 221 Å². The standard InChI is InChI=1S/C27H26N2O8S/c1-5-36-26(33)23-15(2)28-27-29(24(23)17-7-9-18(34-3)10-8-17)25(32)21(38-27)13-16-6-11-19(20(12-16)35-4)37-14-22(30)31/h6-13,24H,5,14H2,1-4H3,(H,30,31)/b21-13+. The second kappa shape index (κ2) is 11.3. The molecule has 4 rings (SSSR count). The number of thiazole rings is 1. The highest BCUT2D eigenvalue weighted by molar-refractivity contribution is 7.07. The van der Waals surface area contributed by atoms with Crippen LogP contribution in [0.25, 0.3) is 6.08 Å². The Kier molecular flexibility index (Phi) is 7.96. The average Bonchev–Trinajstić information content (AvgIpc) is 3.21. The van der Waals surface area contributed by atoms with Crippen molar-refractivity contribution < 1.29 is 33.6 Å². The molecule has 11 heteroatoms. The van der Waals surface area contributed by atoms with Crippen LogP contribution in [0.15, 0.2) is 63.5 Å². The number of esters is 1. The summed E-state index contributed by atoms with van der Waals surface area (Å²) >= 11 is 1.19. The molecule has 0 spiro atoms. The molecule has 2 aromatic carbocycles. The van der Waals surface area contributed by atoms with Crippen LogP contribution in [-0.4, -0.2) is 49.0 Å². The van der Waals surface area contributed by atoms with E-state index in [9.17, 15) is 14.4 Å². The number of benzene rings is 2. The third kappa shape index (κ3) is 5.32. The number of methoxy groups -OCH3 is 2. The van der Waals surface area contributed by atoms with Crippen molar-refractivity contribution in [2.24, 2.45) is 4.99 Å². The van der Waals surface area contributed by atoms with E-state index in [1.54, 1.807) is 69.5 Å². The molecule has 0 bridgehead atoms. The molecule has 1 aliphatic rings. The highest BCUT2D eigenvalue weighted by Gasteiger charge is 2.33. The van der Waals surface area contributed by atoms with E-state index in [1.165, 1.54) is 23.0 Å². The highest BCUT2D eigenvalue weighted by Crippen LogP contribution is 2.32. The zero-order valence-electron chi connectivity index (χ0n) is 21.2. The van der Waals surface area contributed by atoms with Gasteiger partial charge in [0.05, 0.1) is 42.7 Å². The molecule has 38 heavy (non-hydrogen) atoms. The van der Waals surface area contributed by atoms with E-state index < -0.39 is 24.6 Å². The number of nitrogens with zero attached hydrogens (tertiary/aromatic N) is 2. The molecule has 0 radical (unpaired) electrons. The predicted octanol–water partition coefficient (Wildman–Crippen LogP) is 2.28. The Hall–Kier alpha value is -4.38. The Morgan fingerprint density at radius 2 is 1.84 bits per heavy atom. The molecular weight excluding hydrogens is 512 g/mol. The van der Waals surface area contributed by atoms with Gasteiger partial charge in [-0.25, -0.2) is 14.6 Å². The number of hydrogen-bond donors (Lipinski definition) is 1. The normalized spacial score (nSPS) is 14.9. The fourth-order valence-electron chi connectivity index (χ4n) is 4.08. The third-order valence-electron chi connectivity index (χ3n) is 5.79. The van der Waals surface area contributed by atoms with E-state index in [2.05, 4.69) is 4.99 Å². The first-order valence-corrected chi connectivity index (χ1v) is 12.4. The van der Waals surface area contributed by atoms with E-state index >= 15 is 0 Å². The Morgan fingerprint density at radius 3 is 2.47 bits per heavy atom. The minimum Gasteiger partial charge on any atom is -0.497 e. The summed E-state index contributed by atoms with van der Waals surface area (Å²) in [5.74, 6) is -0.414. The highest BCUT2D eigenvalue weighted by atomic mass is 32.1. The topological polar surface area (TPSA) is 126 Å². The molecule has 0 aliphatic carbocycles. The largest absolute Gasteiger partial charge is 0.497 e. The quantitative estimate of drug-likeness (QED) is 0.412. The van der Waals surface area contributed by atoms with Crippen molar-refractivity contribution >= 4 is 29.4 Å². The van der Waals surface area contributed by atoms with Crippen molar-refractivity contribution in [1.29, 1.82) is 0 Å². The van der Waals surface area contributed by atoms with E-state index in [0.29, 0.717) is 37.7 Å². The molecule has 1 N–H and O–H groups in total.